The number of thiophene rings is 1. The summed E-state index contributed by atoms with van der Waals surface area (Å²) >= 11 is 2.15. The molecule has 0 radical (unpaired) electrons. The van der Waals surface area contributed by atoms with Gasteiger partial charge >= 0.3 is 0 Å². The third kappa shape index (κ3) is 7.06. The van der Waals surface area contributed by atoms with Gasteiger partial charge in [-0.2, -0.15) is 0 Å². The number of benzene rings is 5. The van der Waals surface area contributed by atoms with Crippen molar-refractivity contribution in [3.05, 3.63) is 134 Å². The molecule has 384 valence electrons. The number of fused-ring (bicyclic) bond motifs is 10. The highest BCUT2D eigenvalue weighted by molar-refractivity contribution is 7.20. The summed E-state index contributed by atoms with van der Waals surface area (Å²) in [5, 5.41) is 1.45. The van der Waals surface area contributed by atoms with Gasteiger partial charge in [0.2, 0.25) is 0 Å². The minimum absolute atomic E-state index is 0.0207. The third-order valence-corrected chi connectivity index (χ3v) is 23.0. The molecule has 0 atom stereocenters. The van der Waals surface area contributed by atoms with Crippen LogP contribution in [0, 0.1) is 0 Å². The second-order valence-corrected chi connectivity index (χ2v) is 31.2. The van der Waals surface area contributed by atoms with Gasteiger partial charge in [0.05, 0.1) is 5.00 Å². The average Bonchev–Trinajstić information content (AvgIpc) is 3.79. The van der Waals surface area contributed by atoms with Crippen LogP contribution in [0.2, 0.25) is 0 Å². The summed E-state index contributed by atoms with van der Waals surface area (Å²) in [6.45, 7) is 40.5. The molecule has 2 nitrogen and oxygen atoms in total. The third-order valence-electron chi connectivity index (χ3n) is 21.4. The zero-order chi connectivity index (χ0) is 52.2. The van der Waals surface area contributed by atoms with Crippen LogP contribution in [-0.2, 0) is 56.2 Å². The van der Waals surface area contributed by atoms with Crippen LogP contribution >= 0.6 is 11.3 Å². The molecule has 5 aliphatic carbocycles. The van der Waals surface area contributed by atoms with Crippen LogP contribution in [0.15, 0.2) is 78.9 Å². The highest BCUT2D eigenvalue weighted by Crippen LogP contribution is 2.58. The Morgan fingerprint density at radius 3 is 1.41 bits per heavy atom. The van der Waals surface area contributed by atoms with Crippen molar-refractivity contribution in [2.45, 2.75) is 231 Å². The highest BCUT2D eigenvalue weighted by atomic mass is 32.1. The molecule has 3 heterocycles. The van der Waals surface area contributed by atoms with Crippen molar-refractivity contribution in [1.82, 2.24) is 0 Å². The van der Waals surface area contributed by atoms with Gasteiger partial charge in [0.25, 0.3) is 6.71 Å². The first-order valence-electron chi connectivity index (χ1n) is 29.2. The Hall–Kier alpha value is -4.54. The lowest BCUT2D eigenvalue weighted by Crippen LogP contribution is -2.63. The van der Waals surface area contributed by atoms with E-state index in [0.29, 0.717) is 0 Å². The van der Waals surface area contributed by atoms with Gasteiger partial charge in [-0.3, -0.25) is 0 Å². The molecule has 0 saturated carbocycles. The lowest BCUT2D eigenvalue weighted by Gasteiger charge is -2.48. The van der Waals surface area contributed by atoms with Gasteiger partial charge in [-0.15, -0.1) is 11.3 Å². The summed E-state index contributed by atoms with van der Waals surface area (Å²) in [6, 6.07) is 33.9. The Morgan fingerprint density at radius 2 is 0.838 bits per heavy atom. The zero-order valence-electron chi connectivity index (χ0n) is 48.4. The van der Waals surface area contributed by atoms with E-state index in [1.54, 1.807) is 32.6 Å². The zero-order valence-corrected chi connectivity index (χ0v) is 49.2. The van der Waals surface area contributed by atoms with Gasteiger partial charge in [-0.1, -0.05) is 147 Å². The van der Waals surface area contributed by atoms with Gasteiger partial charge in [-0.05, 0) is 240 Å². The summed E-state index contributed by atoms with van der Waals surface area (Å²) in [7, 11) is 0. The molecule has 5 aromatic carbocycles. The normalized spacial score (nSPS) is 23.0. The first-order valence-corrected chi connectivity index (χ1v) is 30.0. The van der Waals surface area contributed by atoms with E-state index in [4.69, 9.17) is 0 Å². The van der Waals surface area contributed by atoms with E-state index >= 15 is 0 Å². The Kier molecular flexibility index (Phi) is 10.3. The van der Waals surface area contributed by atoms with Gasteiger partial charge in [0.15, 0.2) is 0 Å². The number of anilines is 6. The minimum Gasteiger partial charge on any atom is -0.311 e. The van der Waals surface area contributed by atoms with E-state index in [1.807, 2.05) is 0 Å². The molecule has 4 heteroatoms. The molecule has 0 spiro atoms. The maximum absolute atomic E-state index is 2.83. The van der Waals surface area contributed by atoms with Gasteiger partial charge in [0.1, 0.15) is 0 Å². The predicted molar refractivity (Wildman–Crippen MR) is 322 cm³/mol. The molecule has 0 bridgehead atoms. The predicted octanol–water partition coefficient (Wildman–Crippen LogP) is 17.8. The van der Waals surface area contributed by atoms with Crippen LogP contribution in [0.3, 0.4) is 0 Å². The molecule has 6 aromatic rings. The topological polar surface area (TPSA) is 6.48 Å². The second-order valence-electron chi connectivity index (χ2n) is 30.2. The number of nitrogens with zero attached hydrogens (tertiary/aromatic N) is 2. The quantitative estimate of drug-likeness (QED) is 0.163. The number of aryl methyl sites for hydroxylation is 2. The summed E-state index contributed by atoms with van der Waals surface area (Å²) in [5.74, 6) is 0. The molecule has 0 unspecified atom stereocenters. The molecular formula is C70H85BN2S. The minimum atomic E-state index is 0.0207. The molecule has 13 rings (SSSR count). The molecule has 0 amide bonds. The van der Waals surface area contributed by atoms with Crippen molar-refractivity contribution in [3.8, 4) is 11.1 Å². The summed E-state index contributed by atoms with van der Waals surface area (Å²) in [4.78, 5) is 7.24. The fraction of sp³-hybridized carbons (Fsp3) is 0.514. The van der Waals surface area contributed by atoms with Gasteiger partial charge in [-0.25, -0.2) is 0 Å². The lowest BCUT2D eigenvalue weighted by atomic mass is 9.32. The van der Waals surface area contributed by atoms with Crippen molar-refractivity contribution in [2.24, 2.45) is 0 Å². The van der Waals surface area contributed by atoms with Crippen LogP contribution in [0.5, 0.6) is 0 Å². The Labute approximate surface area is 451 Å². The Bertz CT molecular complexity index is 3380. The van der Waals surface area contributed by atoms with Crippen molar-refractivity contribution in [2.75, 3.05) is 9.80 Å². The first-order chi connectivity index (χ1) is 34.6. The van der Waals surface area contributed by atoms with Crippen molar-refractivity contribution < 1.29 is 0 Å². The summed E-state index contributed by atoms with van der Waals surface area (Å²) < 4.78 is 0. The summed E-state index contributed by atoms with van der Waals surface area (Å²) in [5.41, 5.74) is 28.5. The summed E-state index contributed by atoms with van der Waals surface area (Å²) in [6.07, 6.45) is 14.5. The van der Waals surface area contributed by atoms with Crippen LogP contribution in [0.4, 0.5) is 33.4 Å². The maximum Gasteiger partial charge on any atom is 0.253 e. The van der Waals surface area contributed by atoms with E-state index in [1.165, 1.54) is 160 Å². The number of hydrogen-bond acceptors (Lipinski definition) is 3. The smallest absolute Gasteiger partial charge is 0.253 e. The number of rotatable bonds is 3. The van der Waals surface area contributed by atoms with Crippen LogP contribution in [0.25, 0.3) is 11.1 Å². The van der Waals surface area contributed by atoms with Crippen molar-refractivity contribution in [1.29, 1.82) is 0 Å². The van der Waals surface area contributed by atoms with Gasteiger partial charge in [0, 0.05) is 33.3 Å². The number of hydrogen-bond donors (Lipinski definition) is 0. The molecule has 0 fully saturated rings. The monoisotopic (exact) mass is 997 g/mol. The van der Waals surface area contributed by atoms with E-state index in [-0.39, 0.29) is 50.0 Å². The van der Waals surface area contributed by atoms with E-state index in [2.05, 4.69) is 211 Å². The van der Waals surface area contributed by atoms with E-state index in [0.717, 1.165) is 0 Å². The SMILES string of the molecule is CC1(C)CCC(C)(C)c2cc(N3c4cc5c(cc4B4c6c3cc(-c3ccc7c(c3)CCCC7)cc6N(c3ccc6c(c3)C(C)(C)CCC6(C)C)c3sc6c(c34)C(C)(C)CCC6(C)C)C(C)(C)CCC5(C)C)ccc21. The molecule has 74 heavy (non-hydrogen) atoms. The van der Waals surface area contributed by atoms with Crippen molar-refractivity contribution in [3.63, 3.8) is 0 Å². The lowest BCUT2D eigenvalue weighted by molar-refractivity contribution is 0.332. The fourth-order valence-corrected chi connectivity index (χ4v) is 17.6. The average molecular weight is 997 g/mol. The Morgan fingerprint density at radius 1 is 0.378 bits per heavy atom. The fourth-order valence-electron chi connectivity index (χ4n) is 16.0. The second kappa shape index (κ2) is 15.6. The molecule has 7 aliphatic rings. The van der Waals surface area contributed by atoms with Crippen LogP contribution in [0.1, 0.15) is 230 Å². The first kappa shape index (κ1) is 49.1. The molecule has 2 aliphatic heterocycles. The maximum atomic E-state index is 2.83. The Balaban J connectivity index is 1.19. The van der Waals surface area contributed by atoms with Gasteiger partial charge < -0.3 is 9.80 Å². The van der Waals surface area contributed by atoms with Crippen LogP contribution in [-0.4, -0.2) is 6.71 Å². The molecular weight excluding hydrogens is 912 g/mol. The van der Waals surface area contributed by atoms with E-state index < -0.39 is 0 Å². The van der Waals surface area contributed by atoms with E-state index in [9.17, 15) is 0 Å². The van der Waals surface area contributed by atoms with Crippen molar-refractivity contribution >= 4 is 67.9 Å². The molecule has 0 saturated heterocycles. The molecule has 1 aromatic heterocycles. The largest absolute Gasteiger partial charge is 0.311 e. The molecule has 0 N–H and O–H groups in total. The van der Waals surface area contributed by atoms with Crippen LogP contribution < -0.4 is 26.2 Å². The highest BCUT2D eigenvalue weighted by Gasteiger charge is 2.53. The standard InChI is InChI=1S/C70H85BN2S/c1-63(2)27-29-65(5,6)50-38-46(23-25-48(50)63)72-55-41-53-52(67(9,10)31-32-68(53,11)12)40-54(55)71-59-56(72)36-45(44-22-21-42-19-17-18-20-43(42)35-44)37-57(59)73(47-24-26-49-51(39-47)66(7,8)30-28-64(49,3)4)62-60(71)58-61(74-62)70(15,16)34-33-69(58,13)14/h21-26,35-41H,17-20,27-34H2,1-16H3.